The summed E-state index contributed by atoms with van der Waals surface area (Å²) in [5.41, 5.74) is 1.77. The van der Waals surface area contributed by atoms with Crippen LogP contribution in [-0.2, 0) is 6.61 Å². The number of pyridine rings is 1. The number of hydrogen-bond acceptors (Lipinski definition) is 5. The third kappa shape index (κ3) is 4.77. The normalized spacial score (nSPS) is 11.2. The third-order valence-electron chi connectivity index (χ3n) is 4.87. The topological polar surface area (TPSA) is 59.9 Å². The van der Waals surface area contributed by atoms with Gasteiger partial charge in [0.05, 0.1) is 11.4 Å². The second-order valence-corrected chi connectivity index (χ2v) is 7.22. The molecule has 0 aliphatic heterocycles. The van der Waals surface area contributed by atoms with Gasteiger partial charge < -0.3 is 10.1 Å². The highest BCUT2D eigenvalue weighted by Gasteiger charge is 2.16. The summed E-state index contributed by atoms with van der Waals surface area (Å²) in [6, 6.07) is 10.6. The number of nitrogens with zero attached hydrogens (tertiary/aromatic N) is 3. The first-order valence-electron chi connectivity index (χ1n) is 10.2. The van der Waals surface area contributed by atoms with Crippen molar-refractivity contribution in [1.29, 1.82) is 0 Å². The van der Waals surface area contributed by atoms with Crippen molar-refractivity contribution < 1.29 is 4.74 Å². The Bertz CT molecular complexity index is 914. The van der Waals surface area contributed by atoms with Crippen LogP contribution >= 0.6 is 0 Å². The van der Waals surface area contributed by atoms with E-state index in [1.807, 2.05) is 38.2 Å². The first-order valence-corrected chi connectivity index (χ1v) is 10.2. The highest BCUT2D eigenvalue weighted by Crippen LogP contribution is 2.29. The fourth-order valence-electron chi connectivity index (χ4n) is 3.59. The number of rotatable bonds is 9. The Morgan fingerprint density at radius 2 is 1.75 bits per heavy atom. The third-order valence-corrected chi connectivity index (χ3v) is 4.87. The van der Waals surface area contributed by atoms with Crippen LogP contribution in [0.25, 0.3) is 10.8 Å². The lowest BCUT2D eigenvalue weighted by atomic mass is 10.1. The average molecular weight is 379 g/mol. The number of hydrogen-bond donors (Lipinski definition) is 1. The fraction of sp³-hybridized carbons (Fsp3) is 0.435. The lowest BCUT2D eigenvalue weighted by Gasteiger charge is -2.21. The summed E-state index contributed by atoms with van der Waals surface area (Å²) in [7, 11) is 0. The maximum Gasteiger partial charge on any atom is 0.183 e. The molecule has 3 aromatic rings. The van der Waals surface area contributed by atoms with Crippen LogP contribution < -0.4 is 10.1 Å². The van der Waals surface area contributed by atoms with Crippen LogP contribution in [0.1, 0.15) is 56.7 Å². The second kappa shape index (κ2) is 9.49. The molecule has 0 fully saturated rings. The average Bonchev–Trinajstić information content (AvgIpc) is 2.67. The molecule has 1 aromatic carbocycles. The molecule has 1 N–H and O–H groups in total. The van der Waals surface area contributed by atoms with E-state index in [9.17, 15) is 0 Å². The predicted molar refractivity (Wildman–Crippen MR) is 115 cm³/mol. The molecule has 3 rings (SSSR count). The van der Waals surface area contributed by atoms with E-state index in [1.165, 1.54) is 0 Å². The molecule has 0 aliphatic rings. The Morgan fingerprint density at radius 1 is 1.00 bits per heavy atom. The highest BCUT2D eigenvalue weighted by molar-refractivity contribution is 5.84. The zero-order valence-electron chi connectivity index (χ0n) is 17.3. The van der Waals surface area contributed by atoms with Crippen LogP contribution in [-0.4, -0.2) is 21.0 Å². The van der Waals surface area contributed by atoms with Gasteiger partial charge in [-0.15, -0.1) is 0 Å². The molecule has 0 radical (unpaired) electrons. The molecule has 0 saturated carbocycles. The molecule has 0 spiro atoms. The standard InChI is InChI=1S/C23H30N4O/c1-5-9-19(10-6-2)27-23-22(16(3)25-17(4)26-23)28-15-21-20-12-8-7-11-18(20)13-14-24-21/h7-8,11-14,19H,5-6,9-10,15H2,1-4H3,(H,25,26,27). The maximum atomic E-state index is 6.22. The Hall–Kier alpha value is -2.69. The highest BCUT2D eigenvalue weighted by atomic mass is 16.5. The molecular formula is C23H30N4O. The summed E-state index contributed by atoms with van der Waals surface area (Å²) in [5, 5.41) is 5.88. The number of benzene rings is 1. The first-order chi connectivity index (χ1) is 13.6. The summed E-state index contributed by atoms with van der Waals surface area (Å²) in [6.45, 7) is 8.70. The minimum absolute atomic E-state index is 0.384. The number of nitrogens with one attached hydrogen (secondary N) is 1. The Morgan fingerprint density at radius 3 is 2.50 bits per heavy atom. The van der Waals surface area contributed by atoms with Crippen molar-refractivity contribution >= 4 is 16.6 Å². The lowest BCUT2D eigenvalue weighted by Crippen LogP contribution is -2.21. The quantitative estimate of drug-likeness (QED) is 0.525. The molecule has 0 bridgehead atoms. The van der Waals surface area contributed by atoms with Crippen molar-refractivity contribution in [3.05, 3.63) is 53.7 Å². The second-order valence-electron chi connectivity index (χ2n) is 7.22. The molecule has 0 saturated heterocycles. The van der Waals surface area contributed by atoms with Crippen molar-refractivity contribution in [3.63, 3.8) is 0 Å². The summed E-state index contributed by atoms with van der Waals surface area (Å²) in [5.74, 6) is 2.26. The van der Waals surface area contributed by atoms with Gasteiger partial charge in [-0.1, -0.05) is 51.0 Å². The van der Waals surface area contributed by atoms with Crippen molar-refractivity contribution in [2.75, 3.05) is 5.32 Å². The van der Waals surface area contributed by atoms with E-state index in [1.54, 1.807) is 0 Å². The Kier molecular flexibility index (Phi) is 6.80. The molecule has 148 valence electrons. The van der Waals surface area contributed by atoms with Gasteiger partial charge >= 0.3 is 0 Å². The molecule has 0 aliphatic carbocycles. The van der Waals surface area contributed by atoms with Crippen molar-refractivity contribution in [2.24, 2.45) is 0 Å². The van der Waals surface area contributed by atoms with E-state index < -0.39 is 0 Å². The zero-order valence-corrected chi connectivity index (χ0v) is 17.3. The van der Waals surface area contributed by atoms with Gasteiger partial charge in [-0.2, -0.15) is 0 Å². The Balaban J connectivity index is 1.86. The van der Waals surface area contributed by atoms with Crippen molar-refractivity contribution in [2.45, 2.75) is 66.0 Å². The number of anilines is 1. The molecule has 5 heteroatoms. The van der Waals surface area contributed by atoms with Crippen molar-refractivity contribution in [3.8, 4) is 5.75 Å². The molecular weight excluding hydrogens is 348 g/mol. The van der Waals surface area contributed by atoms with E-state index in [0.717, 1.165) is 65.2 Å². The van der Waals surface area contributed by atoms with Crippen LogP contribution in [0.15, 0.2) is 36.5 Å². The minimum atomic E-state index is 0.384. The summed E-state index contributed by atoms with van der Waals surface area (Å²) in [4.78, 5) is 13.7. The van der Waals surface area contributed by atoms with E-state index in [0.29, 0.717) is 12.6 Å². The van der Waals surface area contributed by atoms with E-state index in [4.69, 9.17) is 4.74 Å². The van der Waals surface area contributed by atoms with Gasteiger partial charge in [0.1, 0.15) is 12.4 Å². The maximum absolute atomic E-state index is 6.22. The van der Waals surface area contributed by atoms with Crippen molar-refractivity contribution in [1.82, 2.24) is 15.0 Å². The van der Waals surface area contributed by atoms with Gasteiger partial charge in [0.25, 0.3) is 0 Å². The largest absolute Gasteiger partial charge is 0.481 e. The molecule has 0 amide bonds. The number of aromatic nitrogens is 3. The van der Waals surface area contributed by atoms with Crippen LogP contribution in [0.4, 0.5) is 5.82 Å². The van der Waals surface area contributed by atoms with Crippen LogP contribution in [0.3, 0.4) is 0 Å². The minimum Gasteiger partial charge on any atom is -0.481 e. The number of ether oxygens (including phenoxy) is 1. The van der Waals surface area contributed by atoms with E-state index in [-0.39, 0.29) is 0 Å². The lowest BCUT2D eigenvalue weighted by molar-refractivity contribution is 0.299. The van der Waals surface area contributed by atoms with Gasteiger partial charge in [-0.3, -0.25) is 4.98 Å². The molecule has 2 aromatic heterocycles. The zero-order chi connectivity index (χ0) is 19.9. The van der Waals surface area contributed by atoms with Gasteiger partial charge in [0, 0.05) is 17.6 Å². The van der Waals surface area contributed by atoms with Gasteiger partial charge in [0.2, 0.25) is 0 Å². The number of fused-ring (bicyclic) bond motifs is 1. The monoisotopic (exact) mass is 378 g/mol. The van der Waals surface area contributed by atoms with Gasteiger partial charge in [0.15, 0.2) is 11.6 Å². The molecule has 2 heterocycles. The number of aryl methyl sites for hydroxylation is 2. The summed E-state index contributed by atoms with van der Waals surface area (Å²) < 4.78 is 6.22. The molecule has 0 atom stereocenters. The summed E-state index contributed by atoms with van der Waals surface area (Å²) >= 11 is 0. The SMILES string of the molecule is CCCC(CCC)Nc1nc(C)nc(C)c1OCc1nccc2ccccc12. The summed E-state index contributed by atoms with van der Waals surface area (Å²) in [6.07, 6.45) is 6.32. The van der Waals surface area contributed by atoms with Gasteiger partial charge in [-0.05, 0) is 38.1 Å². The molecule has 28 heavy (non-hydrogen) atoms. The van der Waals surface area contributed by atoms with E-state index in [2.05, 4.69) is 46.2 Å². The van der Waals surface area contributed by atoms with E-state index >= 15 is 0 Å². The molecule has 5 nitrogen and oxygen atoms in total. The van der Waals surface area contributed by atoms with Crippen LogP contribution in [0.2, 0.25) is 0 Å². The van der Waals surface area contributed by atoms with Crippen LogP contribution in [0, 0.1) is 13.8 Å². The first kappa shape index (κ1) is 20.1. The predicted octanol–water partition coefficient (Wildman–Crippen LogP) is 5.60. The van der Waals surface area contributed by atoms with Gasteiger partial charge in [-0.25, -0.2) is 9.97 Å². The Labute approximate surface area is 167 Å². The molecule has 0 unspecified atom stereocenters. The van der Waals surface area contributed by atoms with Crippen LogP contribution in [0.5, 0.6) is 5.75 Å². The fourth-order valence-corrected chi connectivity index (χ4v) is 3.59. The smallest absolute Gasteiger partial charge is 0.183 e.